The number of anilines is 1. The lowest BCUT2D eigenvalue weighted by Gasteiger charge is -2.34. The van der Waals surface area contributed by atoms with Crippen LogP contribution in [0.1, 0.15) is 26.2 Å². The number of halogens is 1. The van der Waals surface area contributed by atoms with Crippen molar-refractivity contribution in [1.29, 1.82) is 0 Å². The molecule has 1 aromatic rings. The van der Waals surface area contributed by atoms with Gasteiger partial charge in [-0.2, -0.15) is 0 Å². The van der Waals surface area contributed by atoms with Gasteiger partial charge in [-0.05, 0) is 37.4 Å². The first-order valence-electron chi connectivity index (χ1n) is 7.95. The average Bonchev–Trinajstić information content (AvgIpc) is 2.54. The number of para-hydroxylation sites is 2. The van der Waals surface area contributed by atoms with Crippen molar-refractivity contribution < 1.29 is 9.72 Å². The third-order valence-electron chi connectivity index (χ3n) is 4.29. The molecule has 0 unspecified atom stereocenters. The lowest BCUT2D eigenvalue weighted by atomic mass is 9.81. The Kier molecular flexibility index (Phi) is 7.94. The summed E-state index contributed by atoms with van der Waals surface area (Å²) in [5, 5.41) is 20.2. The molecule has 0 aromatic heterocycles. The molecule has 0 spiro atoms. The maximum absolute atomic E-state index is 11.9. The second kappa shape index (κ2) is 9.44. The summed E-state index contributed by atoms with van der Waals surface area (Å²) < 4.78 is 0. The van der Waals surface area contributed by atoms with Crippen molar-refractivity contribution in [3.05, 3.63) is 34.4 Å². The van der Waals surface area contributed by atoms with E-state index in [1.165, 1.54) is 6.07 Å². The predicted octanol–water partition coefficient (Wildman–Crippen LogP) is 2.32. The second-order valence-electron chi connectivity index (χ2n) is 6.29. The highest BCUT2D eigenvalue weighted by Gasteiger charge is 2.26. The fraction of sp³-hybridized carbons (Fsp3) is 0.562. The molecule has 2 rings (SSSR count). The van der Waals surface area contributed by atoms with Gasteiger partial charge in [0, 0.05) is 25.6 Å². The lowest BCUT2D eigenvalue weighted by Crippen LogP contribution is -2.43. The van der Waals surface area contributed by atoms with Crippen LogP contribution in [0.2, 0.25) is 0 Å². The molecule has 1 aromatic carbocycles. The van der Waals surface area contributed by atoms with E-state index in [4.69, 9.17) is 0 Å². The van der Waals surface area contributed by atoms with Crippen LogP contribution in [0.5, 0.6) is 0 Å². The number of rotatable bonds is 7. The van der Waals surface area contributed by atoms with Crippen LogP contribution < -0.4 is 16.0 Å². The SMILES string of the molecule is CC1(CNC(=O)CCNc2ccccc2[N+](=O)[O-])CCNCC1.Cl. The quantitative estimate of drug-likeness (QED) is 0.514. The Bertz CT molecular complexity index is 562. The number of nitro groups is 1. The van der Waals surface area contributed by atoms with Gasteiger partial charge < -0.3 is 16.0 Å². The van der Waals surface area contributed by atoms with Gasteiger partial charge in [-0.3, -0.25) is 14.9 Å². The molecular formula is C16H25ClN4O3. The molecule has 1 heterocycles. The standard InChI is InChI=1S/C16H24N4O3.ClH/c1-16(7-10-17-11-8-16)12-19-15(21)6-9-18-13-4-2-3-5-14(13)20(22)23;/h2-5,17-18H,6-12H2,1H3,(H,19,21);1H. The number of hydrogen-bond donors (Lipinski definition) is 3. The summed E-state index contributed by atoms with van der Waals surface area (Å²) in [6, 6.07) is 6.44. The Labute approximate surface area is 148 Å². The normalized spacial score (nSPS) is 15.9. The Balaban J connectivity index is 0.00000288. The van der Waals surface area contributed by atoms with Crippen molar-refractivity contribution in [2.45, 2.75) is 26.2 Å². The molecule has 1 aliphatic heterocycles. The molecular weight excluding hydrogens is 332 g/mol. The number of hydrogen-bond acceptors (Lipinski definition) is 5. The van der Waals surface area contributed by atoms with Crippen molar-refractivity contribution in [1.82, 2.24) is 10.6 Å². The van der Waals surface area contributed by atoms with Crippen molar-refractivity contribution in [2.75, 3.05) is 31.5 Å². The van der Waals surface area contributed by atoms with E-state index in [9.17, 15) is 14.9 Å². The molecule has 3 N–H and O–H groups in total. The summed E-state index contributed by atoms with van der Waals surface area (Å²) in [6.07, 6.45) is 2.41. The maximum atomic E-state index is 11.9. The van der Waals surface area contributed by atoms with Crippen molar-refractivity contribution in [3.8, 4) is 0 Å². The summed E-state index contributed by atoms with van der Waals surface area (Å²) in [7, 11) is 0. The molecule has 0 aliphatic carbocycles. The van der Waals surface area contributed by atoms with Crippen LogP contribution in [0.3, 0.4) is 0 Å². The first-order chi connectivity index (χ1) is 11.0. The molecule has 7 nitrogen and oxygen atoms in total. The second-order valence-corrected chi connectivity index (χ2v) is 6.29. The Morgan fingerprint density at radius 3 is 2.67 bits per heavy atom. The third-order valence-corrected chi connectivity index (χ3v) is 4.29. The topological polar surface area (TPSA) is 96.3 Å². The fourth-order valence-electron chi connectivity index (χ4n) is 2.70. The Morgan fingerprint density at radius 1 is 1.33 bits per heavy atom. The van der Waals surface area contributed by atoms with E-state index in [1.807, 2.05) is 0 Å². The monoisotopic (exact) mass is 356 g/mol. The van der Waals surface area contributed by atoms with E-state index >= 15 is 0 Å². The van der Waals surface area contributed by atoms with Gasteiger partial charge in [-0.25, -0.2) is 0 Å². The molecule has 0 radical (unpaired) electrons. The highest BCUT2D eigenvalue weighted by atomic mass is 35.5. The van der Waals surface area contributed by atoms with Crippen LogP contribution in [0, 0.1) is 15.5 Å². The number of benzene rings is 1. The van der Waals surface area contributed by atoms with Gasteiger partial charge >= 0.3 is 0 Å². The number of nitrogens with one attached hydrogen (secondary N) is 3. The molecule has 8 heteroatoms. The maximum Gasteiger partial charge on any atom is 0.292 e. The largest absolute Gasteiger partial charge is 0.379 e. The summed E-state index contributed by atoms with van der Waals surface area (Å²) in [5.74, 6) is -0.0316. The molecule has 1 aliphatic rings. The fourth-order valence-corrected chi connectivity index (χ4v) is 2.70. The van der Waals surface area contributed by atoms with Gasteiger partial charge in [0.05, 0.1) is 4.92 Å². The molecule has 24 heavy (non-hydrogen) atoms. The first kappa shape index (κ1) is 20.2. The van der Waals surface area contributed by atoms with Crippen molar-refractivity contribution in [2.24, 2.45) is 5.41 Å². The number of nitro benzene ring substituents is 1. The zero-order valence-electron chi connectivity index (χ0n) is 13.8. The zero-order chi connectivity index (χ0) is 16.7. The van der Waals surface area contributed by atoms with Crippen LogP contribution in [0.4, 0.5) is 11.4 Å². The summed E-state index contributed by atoms with van der Waals surface area (Å²) in [6.45, 7) is 5.23. The van der Waals surface area contributed by atoms with E-state index < -0.39 is 4.92 Å². The minimum absolute atomic E-state index is 0. The number of piperidine rings is 1. The predicted molar refractivity (Wildman–Crippen MR) is 96.7 cm³/mol. The van der Waals surface area contributed by atoms with Gasteiger partial charge in [0.1, 0.15) is 5.69 Å². The molecule has 1 amide bonds. The van der Waals surface area contributed by atoms with Crippen molar-refractivity contribution in [3.63, 3.8) is 0 Å². The Hall–Kier alpha value is -1.86. The average molecular weight is 357 g/mol. The molecule has 0 atom stereocenters. The number of amides is 1. The van der Waals surface area contributed by atoms with Gasteiger partial charge in [-0.15, -0.1) is 12.4 Å². The van der Waals surface area contributed by atoms with Gasteiger partial charge in [-0.1, -0.05) is 19.1 Å². The smallest absolute Gasteiger partial charge is 0.292 e. The van der Waals surface area contributed by atoms with Crippen LogP contribution in [-0.2, 0) is 4.79 Å². The molecule has 1 saturated heterocycles. The van der Waals surface area contributed by atoms with E-state index in [0.717, 1.165) is 25.9 Å². The van der Waals surface area contributed by atoms with Crippen LogP contribution in [0.15, 0.2) is 24.3 Å². The molecule has 0 saturated carbocycles. The van der Waals surface area contributed by atoms with Gasteiger partial charge in [0.25, 0.3) is 5.69 Å². The minimum atomic E-state index is -0.430. The zero-order valence-corrected chi connectivity index (χ0v) is 14.7. The third kappa shape index (κ3) is 5.98. The van der Waals surface area contributed by atoms with E-state index in [0.29, 0.717) is 25.2 Å². The molecule has 1 fully saturated rings. The van der Waals surface area contributed by atoms with Crippen LogP contribution in [-0.4, -0.2) is 37.0 Å². The van der Waals surface area contributed by atoms with Gasteiger partial charge in [0.15, 0.2) is 0 Å². The summed E-state index contributed by atoms with van der Waals surface area (Å²) in [5.41, 5.74) is 0.623. The summed E-state index contributed by atoms with van der Waals surface area (Å²) >= 11 is 0. The highest BCUT2D eigenvalue weighted by Crippen LogP contribution is 2.26. The number of nitrogens with zero attached hydrogens (tertiary/aromatic N) is 1. The van der Waals surface area contributed by atoms with Crippen LogP contribution >= 0.6 is 12.4 Å². The van der Waals surface area contributed by atoms with E-state index in [2.05, 4.69) is 22.9 Å². The molecule has 0 bridgehead atoms. The van der Waals surface area contributed by atoms with Crippen LogP contribution in [0.25, 0.3) is 0 Å². The van der Waals surface area contributed by atoms with Crippen molar-refractivity contribution >= 4 is 29.7 Å². The number of carbonyl (C=O) groups excluding carboxylic acids is 1. The lowest BCUT2D eigenvalue weighted by molar-refractivity contribution is -0.384. The Morgan fingerprint density at radius 2 is 2.00 bits per heavy atom. The highest BCUT2D eigenvalue weighted by molar-refractivity contribution is 5.85. The van der Waals surface area contributed by atoms with E-state index in [-0.39, 0.29) is 29.4 Å². The van der Waals surface area contributed by atoms with E-state index in [1.54, 1.807) is 18.2 Å². The molecule has 134 valence electrons. The first-order valence-corrected chi connectivity index (χ1v) is 7.95. The number of carbonyl (C=O) groups is 1. The minimum Gasteiger partial charge on any atom is -0.379 e. The summed E-state index contributed by atoms with van der Waals surface area (Å²) in [4.78, 5) is 22.4. The van der Waals surface area contributed by atoms with Gasteiger partial charge in [0.2, 0.25) is 5.91 Å².